The van der Waals surface area contributed by atoms with Gasteiger partial charge in [-0.1, -0.05) is 32.4 Å². The maximum Gasteiger partial charge on any atom is 0.137 e. The van der Waals surface area contributed by atoms with Gasteiger partial charge in [0.1, 0.15) is 16.8 Å². The van der Waals surface area contributed by atoms with Crippen LogP contribution in [0.4, 0.5) is 5.82 Å². The molecule has 3 nitrogen and oxygen atoms in total. The van der Waals surface area contributed by atoms with Crippen LogP contribution in [0.25, 0.3) is 0 Å². The van der Waals surface area contributed by atoms with Gasteiger partial charge in [-0.2, -0.15) is 0 Å². The van der Waals surface area contributed by atoms with Gasteiger partial charge in [-0.05, 0) is 26.2 Å². The van der Waals surface area contributed by atoms with Gasteiger partial charge in [0.15, 0.2) is 0 Å². The summed E-state index contributed by atoms with van der Waals surface area (Å²) in [5.74, 6) is 1.53. The van der Waals surface area contributed by atoms with Crippen molar-refractivity contribution in [2.45, 2.75) is 47.6 Å². The zero-order valence-electron chi connectivity index (χ0n) is 10.8. The molecular formula is C12H20ClN3. The SMILES string of the molecule is Cc1nc(Cl)c(C)c(NC(C)C(C)(C)C)n1. The Morgan fingerprint density at radius 1 is 1.19 bits per heavy atom. The summed E-state index contributed by atoms with van der Waals surface area (Å²) in [6.45, 7) is 12.5. The average molecular weight is 242 g/mol. The number of nitrogens with zero attached hydrogens (tertiary/aromatic N) is 2. The maximum atomic E-state index is 6.03. The largest absolute Gasteiger partial charge is 0.367 e. The fourth-order valence-electron chi connectivity index (χ4n) is 1.16. The van der Waals surface area contributed by atoms with Crippen molar-refractivity contribution in [2.24, 2.45) is 5.41 Å². The molecule has 1 unspecified atom stereocenters. The lowest BCUT2D eigenvalue weighted by molar-refractivity contribution is 0.358. The lowest BCUT2D eigenvalue weighted by Gasteiger charge is -2.29. The van der Waals surface area contributed by atoms with E-state index >= 15 is 0 Å². The summed E-state index contributed by atoms with van der Waals surface area (Å²) in [6.07, 6.45) is 0. The Kier molecular flexibility index (Phi) is 3.79. The number of nitrogens with one attached hydrogen (secondary N) is 1. The topological polar surface area (TPSA) is 37.8 Å². The molecule has 0 bridgehead atoms. The minimum atomic E-state index is 0.178. The highest BCUT2D eigenvalue weighted by molar-refractivity contribution is 6.30. The predicted molar refractivity (Wildman–Crippen MR) is 69.1 cm³/mol. The van der Waals surface area contributed by atoms with E-state index in [2.05, 4.69) is 43.0 Å². The molecule has 1 aromatic rings. The molecule has 1 heterocycles. The lowest BCUT2D eigenvalue weighted by atomic mass is 9.88. The molecule has 16 heavy (non-hydrogen) atoms. The van der Waals surface area contributed by atoms with Crippen molar-refractivity contribution in [3.05, 3.63) is 16.5 Å². The number of hydrogen-bond acceptors (Lipinski definition) is 3. The number of halogens is 1. The van der Waals surface area contributed by atoms with Crippen LogP contribution in [0.2, 0.25) is 5.15 Å². The molecule has 0 spiro atoms. The van der Waals surface area contributed by atoms with E-state index < -0.39 is 0 Å². The zero-order valence-corrected chi connectivity index (χ0v) is 11.6. The van der Waals surface area contributed by atoms with Gasteiger partial charge >= 0.3 is 0 Å². The highest BCUT2D eigenvalue weighted by atomic mass is 35.5. The van der Waals surface area contributed by atoms with Gasteiger partial charge in [-0.3, -0.25) is 0 Å². The minimum Gasteiger partial charge on any atom is -0.367 e. The third kappa shape index (κ3) is 3.08. The van der Waals surface area contributed by atoms with E-state index in [1.807, 2.05) is 13.8 Å². The van der Waals surface area contributed by atoms with Crippen LogP contribution >= 0.6 is 11.6 Å². The first-order valence-corrected chi connectivity index (χ1v) is 5.87. The molecule has 0 aliphatic rings. The van der Waals surface area contributed by atoms with Crippen LogP contribution in [-0.4, -0.2) is 16.0 Å². The summed E-state index contributed by atoms with van der Waals surface area (Å²) in [6, 6.07) is 0.316. The van der Waals surface area contributed by atoms with Gasteiger partial charge in [0, 0.05) is 11.6 Å². The van der Waals surface area contributed by atoms with Gasteiger partial charge in [-0.25, -0.2) is 9.97 Å². The molecule has 0 fully saturated rings. The monoisotopic (exact) mass is 241 g/mol. The van der Waals surface area contributed by atoms with Gasteiger partial charge in [0.05, 0.1) is 0 Å². The zero-order chi connectivity index (χ0) is 12.5. The Labute approximate surface area is 103 Å². The van der Waals surface area contributed by atoms with E-state index in [0.717, 1.165) is 11.4 Å². The molecule has 0 aromatic carbocycles. The smallest absolute Gasteiger partial charge is 0.137 e. The Morgan fingerprint density at radius 2 is 1.75 bits per heavy atom. The van der Waals surface area contributed by atoms with Gasteiger partial charge < -0.3 is 5.32 Å². The van der Waals surface area contributed by atoms with Crippen LogP contribution in [0.3, 0.4) is 0 Å². The van der Waals surface area contributed by atoms with Crippen molar-refractivity contribution >= 4 is 17.4 Å². The number of aromatic nitrogens is 2. The molecule has 0 saturated heterocycles. The summed E-state index contributed by atoms with van der Waals surface area (Å²) in [5.41, 5.74) is 1.08. The molecule has 1 atom stereocenters. The fourth-order valence-corrected chi connectivity index (χ4v) is 1.37. The van der Waals surface area contributed by atoms with Crippen molar-refractivity contribution in [1.82, 2.24) is 9.97 Å². The first-order valence-electron chi connectivity index (χ1n) is 5.49. The second-order valence-corrected chi connectivity index (χ2v) is 5.63. The van der Waals surface area contributed by atoms with Crippen LogP contribution < -0.4 is 5.32 Å². The Balaban J connectivity index is 2.98. The van der Waals surface area contributed by atoms with Crippen molar-refractivity contribution in [3.8, 4) is 0 Å². The maximum absolute atomic E-state index is 6.03. The standard InChI is InChI=1S/C12H20ClN3/c1-7-10(13)15-9(3)16-11(7)14-8(2)12(4,5)6/h8H,1-6H3,(H,14,15,16). The van der Waals surface area contributed by atoms with Crippen molar-refractivity contribution in [3.63, 3.8) is 0 Å². The summed E-state index contributed by atoms with van der Waals surface area (Å²) < 4.78 is 0. The third-order valence-electron chi connectivity index (χ3n) is 2.85. The van der Waals surface area contributed by atoms with Crippen LogP contribution in [0.1, 0.15) is 39.1 Å². The van der Waals surface area contributed by atoms with Gasteiger partial charge in [0.2, 0.25) is 0 Å². The second kappa shape index (κ2) is 4.58. The van der Waals surface area contributed by atoms with E-state index in [4.69, 9.17) is 11.6 Å². The molecule has 0 aliphatic heterocycles. The lowest BCUT2D eigenvalue weighted by Crippen LogP contribution is -2.31. The molecular weight excluding hydrogens is 222 g/mol. The molecule has 1 aromatic heterocycles. The van der Waals surface area contributed by atoms with Crippen molar-refractivity contribution < 1.29 is 0 Å². The molecule has 90 valence electrons. The molecule has 0 amide bonds. The van der Waals surface area contributed by atoms with Crippen LogP contribution in [-0.2, 0) is 0 Å². The highest BCUT2D eigenvalue weighted by Crippen LogP contribution is 2.25. The van der Waals surface area contributed by atoms with E-state index in [1.165, 1.54) is 0 Å². The first kappa shape index (κ1) is 13.2. The molecule has 0 radical (unpaired) electrons. The predicted octanol–water partition coefficient (Wildman–Crippen LogP) is 3.59. The summed E-state index contributed by atoms with van der Waals surface area (Å²) in [7, 11) is 0. The van der Waals surface area contributed by atoms with Crippen LogP contribution in [0.15, 0.2) is 0 Å². The van der Waals surface area contributed by atoms with Crippen LogP contribution in [0.5, 0.6) is 0 Å². The highest BCUT2D eigenvalue weighted by Gasteiger charge is 2.21. The summed E-state index contributed by atoms with van der Waals surface area (Å²) >= 11 is 6.03. The Bertz CT molecular complexity index is 383. The normalized spacial score (nSPS) is 13.7. The van der Waals surface area contributed by atoms with Crippen molar-refractivity contribution in [2.75, 3.05) is 5.32 Å². The van der Waals surface area contributed by atoms with Crippen LogP contribution in [0, 0.1) is 19.3 Å². The number of aryl methyl sites for hydroxylation is 1. The summed E-state index contributed by atoms with van der Waals surface area (Å²) in [5, 5.41) is 3.92. The second-order valence-electron chi connectivity index (χ2n) is 5.27. The number of hydrogen-bond donors (Lipinski definition) is 1. The molecule has 0 saturated carbocycles. The Hall–Kier alpha value is -0.830. The molecule has 0 aliphatic carbocycles. The fraction of sp³-hybridized carbons (Fsp3) is 0.667. The molecule has 4 heteroatoms. The van der Waals surface area contributed by atoms with E-state index in [9.17, 15) is 0 Å². The van der Waals surface area contributed by atoms with Gasteiger partial charge in [0.25, 0.3) is 0 Å². The van der Waals surface area contributed by atoms with E-state index in [1.54, 1.807) is 0 Å². The quantitative estimate of drug-likeness (QED) is 0.804. The van der Waals surface area contributed by atoms with E-state index in [-0.39, 0.29) is 5.41 Å². The van der Waals surface area contributed by atoms with Gasteiger partial charge in [-0.15, -0.1) is 0 Å². The van der Waals surface area contributed by atoms with Crippen molar-refractivity contribution in [1.29, 1.82) is 0 Å². The molecule has 1 N–H and O–H groups in total. The molecule has 1 rings (SSSR count). The number of rotatable bonds is 2. The Morgan fingerprint density at radius 3 is 2.25 bits per heavy atom. The first-order chi connectivity index (χ1) is 7.21. The summed E-state index contributed by atoms with van der Waals surface area (Å²) in [4.78, 5) is 8.50. The number of anilines is 1. The average Bonchev–Trinajstić information content (AvgIpc) is 2.11. The third-order valence-corrected chi connectivity index (χ3v) is 3.22. The minimum absolute atomic E-state index is 0.178. The van der Waals surface area contributed by atoms with E-state index in [0.29, 0.717) is 17.0 Å².